The molecule has 0 aliphatic rings. The smallest absolute Gasteiger partial charge is 0.150 e. The molecule has 74 valence electrons. The molecule has 4 heteroatoms. The molecule has 0 aliphatic carbocycles. The summed E-state index contributed by atoms with van der Waals surface area (Å²) in [5, 5.41) is 10.6. The van der Waals surface area contributed by atoms with Crippen LogP contribution >= 0.6 is 23.1 Å². The fourth-order valence-electron chi connectivity index (χ4n) is 1.10. The lowest BCUT2D eigenvalue weighted by molar-refractivity contribution is 1.24. The molecule has 0 bridgehead atoms. The Labute approximate surface area is 96.6 Å². The van der Waals surface area contributed by atoms with E-state index in [2.05, 4.69) is 11.1 Å². The number of hydrogen-bond acceptors (Lipinski definition) is 4. The molecule has 0 spiro atoms. The van der Waals surface area contributed by atoms with Gasteiger partial charge in [-0.2, -0.15) is 5.26 Å². The molecular weight excluding hydrogens is 224 g/mol. The molecule has 1 heterocycles. The fourth-order valence-corrected chi connectivity index (χ4v) is 2.70. The maximum atomic E-state index is 8.65. The zero-order valence-electron chi connectivity index (χ0n) is 7.88. The normalized spacial score (nSPS) is 9.80. The van der Waals surface area contributed by atoms with Crippen molar-refractivity contribution in [2.45, 2.75) is 10.1 Å². The van der Waals surface area contributed by atoms with E-state index in [0.717, 1.165) is 10.1 Å². The molecule has 2 aromatic rings. The second-order valence-electron chi connectivity index (χ2n) is 2.90. The molecule has 15 heavy (non-hydrogen) atoms. The zero-order chi connectivity index (χ0) is 10.5. The number of benzene rings is 1. The lowest BCUT2D eigenvalue weighted by Crippen LogP contribution is -1.81. The molecule has 0 amide bonds. The van der Waals surface area contributed by atoms with Crippen LogP contribution < -0.4 is 0 Å². The van der Waals surface area contributed by atoms with E-state index < -0.39 is 0 Å². The van der Waals surface area contributed by atoms with E-state index in [1.165, 1.54) is 5.56 Å². The summed E-state index contributed by atoms with van der Waals surface area (Å²) in [6.45, 7) is 0. The number of hydrogen-bond donors (Lipinski definition) is 0. The molecule has 0 unspecified atom stereocenters. The predicted octanol–water partition coefficient (Wildman–Crippen LogP) is 3.31. The van der Waals surface area contributed by atoms with Gasteiger partial charge >= 0.3 is 0 Å². The predicted molar refractivity (Wildman–Crippen MR) is 62.8 cm³/mol. The topological polar surface area (TPSA) is 36.7 Å². The van der Waals surface area contributed by atoms with Crippen LogP contribution in [0.15, 0.2) is 40.2 Å². The van der Waals surface area contributed by atoms with Crippen molar-refractivity contribution in [3.05, 3.63) is 47.0 Å². The highest BCUT2D eigenvalue weighted by Crippen LogP contribution is 2.24. The van der Waals surface area contributed by atoms with Gasteiger partial charge in [0.15, 0.2) is 0 Å². The van der Waals surface area contributed by atoms with E-state index in [1.807, 2.05) is 35.8 Å². The maximum absolute atomic E-state index is 8.65. The first-order chi connectivity index (χ1) is 7.38. The minimum atomic E-state index is 0.706. The highest BCUT2D eigenvalue weighted by atomic mass is 32.2. The van der Waals surface area contributed by atoms with Gasteiger partial charge in [0.25, 0.3) is 0 Å². The van der Waals surface area contributed by atoms with Gasteiger partial charge in [-0.15, -0.1) is 11.3 Å². The van der Waals surface area contributed by atoms with Gasteiger partial charge in [0, 0.05) is 17.3 Å². The van der Waals surface area contributed by atoms with Crippen LogP contribution in [0, 0.1) is 11.3 Å². The average molecular weight is 232 g/mol. The van der Waals surface area contributed by atoms with Gasteiger partial charge in [-0.1, -0.05) is 23.9 Å². The number of thiazole rings is 1. The van der Waals surface area contributed by atoms with Crippen LogP contribution in [0.25, 0.3) is 0 Å². The fraction of sp³-hybridized carbons (Fsp3) is 0.0909. The first-order valence-electron chi connectivity index (χ1n) is 4.40. The monoisotopic (exact) mass is 232 g/mol. The number of thioether (sulfide) groups is 1. The minimum Gasteiger partial charge on any atom is -0.238 e. The Morgan fingerprint density at radius 2 is 2.13 bits per heavy atom. The summed E-state index contributed by atoms with van der Waals surface area (Å²) in [7, 11) is 0. The quantitative estimate of drug-likeness (QED) is 0.762. The van der Waals surface area contributed by atoms with E-state index in [9.17, 15) is 0 Å². The molecular formula is C11H8N2S2. The van der Waals surface area contributed by atoms with Crippen molar-refractivity contribution in [2.75, 3.05) is 0 Å². The molecule has 1 aromatic carbocycles. The van der Waals surface area contributed by atoms with Gasteiger partial charge in [0.2, 0.25) is 0 Å². The molecule has 0 aliphatic heterocycles. The Morgan fingerprint density at radius 3 is 2.73 bits per heavy atom. The summed E-state index contributed by atoms with van der Waals surface area (Å²) in [6.07, 6.45) is 1.81. The SMILES string of the molecule is N#Cc1ccc(CSc2nccs2)cc1. The first kappa shape index (κ1) is 10.2. The van der Waals surface area contributed by atoms with Crippen LogP contribution in [0.5, 0.6) is 0 Å². The number of aromatic nitrogens is 1. The van der Waals surface area contributed by atoms with Crippen LogP contribution in [0.4, 0.5) is 0 Å². The van der Waals surface area contributed by atoms with Gasteiger partial charge in [-0.3, -0.25) is 0 Å². The molecule has 0 N–H and O–H groups in total. The second-order valence-corrected chi connectivity index (χ2v) is 5.01. The Bertz CT molecular complexity index is 454. The van der Waals surface area contributed by atoms with Gasteiger partial charge in [0.1, 0.15) is 4.34 Å². The van der Waals surface area contributed by atoms with Crippen LogP contribution in [-0.4, -0.2) is 4.98 Å². The van der Waals surface area contributed by atoms with E-state index >= 15 is 0 Å². The third-order valence-electron chi connectivity index (χ3n) is 1.86. The third-order valence-corrected chi connectivity index (χ3v) is 3.89. The molecule has 2 rings (SSSR count). The molecule has 2 nitrogen and oxygen atoms in total. The molecule has 0 atom stereocenters. The Balaban J connectivity index is 1.97. The molecule has 0 saturated heterocycles. The zero-order valence-corrected chi connectivity index (χ0v) is 9.52. The van der Waals surface area contributed by atoms with Gasteiger partial charge in [0.05, 0.1) is 11.6 Å². The average Bonchev–Trinajstić information content (AvgIpc) is 2.80. The highest BCUT2D eigenvalue weighted by Gasteiger charge is 1.98. The van der Waals surface area contributed by atoms with Crippen molar-refractivity contribution in [3.63, 3.8) is 0 Å². The maximum Gasteiger partial charge on any atom is 0.150 e. The van der Waals surface area contributed by atoms with Crippen molar-refractivity contribution in [2.24, 2.45) is 0 Å². The van der Waals surface area contributed by atoms with E-state index in [4.69, 9.17) is 5.26 Å². The standard InChI is InChI=1S/C11H8N2S2/c12-7-9-1-3-10(4-2-9)8-15-11-13-5-6-14-11/h1-6H,8H2. The summed E-state index contributed by atoms with van der Waals surface area (Å²) in [5.74, 6) is 0.902. The van der Waals surface area contributed by atoms with E-state index in [1.54, 1.807) is 23.1 Å². The van der Waals surface area contributed by atoms with E-state index in [-0.39, 0.29) is 0 Å². The summed E-state index contributed by atoms with van der Waals surface area (Å²) < 4.78 is 1.08. The van der Waals surface area contributed by atoms with Gasteiger partial charge < -0.3 is 0 Å². The van der Waals surface area contributed by atoms with Crippen LogP contribution in [0.2, 0.25) is 0 Å². The van der Waals surface area contributed by atoms with Crippen LogP contribution in [0.3, 0.4) is 0 Å². The summed E-state index contributed by atoms with van der Waals surface area (Å²) in [5.41, 5.74) is 1.92. The second kappa shape index (κ2) is 4.96. The summed E-state index contributed by atoms with van der Waals surface area (Å²) >= 11 is 3.37. The molecule has 1 aromatic heterocycles. The Kier molecular flexibility index (Phi) is 3.38. The largest absolute Gasteiger partial charge is 0.238 e. The van der Waals surface area contributed by atoms with Crippen molar-refractivity contribution < 1.29 is 0 Å². The summed E-state index contributed by atoms with van der Waals surface area (Å²) in [4.78, 5) is 4.19. The Morgan fingerprint density at radius 1 is 1.33 bits per heavy atom. The lowest BCUT2D eigenvalue weighted by Gasteiger charge is -1.98. The number of nitriles is 1. The summed E-state index contributed by atoms with van der Waals surface area (Å²) in [6, 6.07) is 9.77. The van der Waals surface area contributed by atoms with Gasteiger partial charge in [-0.05, 0) is 17.7 Å². The molecule has 0 saturated carbocycles. The third kappa shape index (κ3) is 2.82. The van der Waals surface area contributed by atoms with Crippen molar-refractivity contribution in [1.82, 2.24) is 4.98 Å². The molecule has 0 radical (unpaired) electrons. The lowest BCUT2D eigenvalue weighted by atomic mass is 10.2. The van der Waals surface area contributed by atoms with Crippen molar-refractivity contribution in [3.8, 4) is 6.07 Å². The Hall–Kier alpha value is -1.31. The number of rotatable bonds is 3. The molecule has 0 fully saturated rings. The van der Waals surface area contributed by atoms with Gasteiger partial charge in [-0.25, -0.2) is 4.98 Å². The first-order valence-corrected chi connectivity index (χ1v) is 6.26. The van der Waals surface area contributed by atoms with Crippen LogP contribution in [-0.2, 0) is 5.75 Å². The van der Waals surface area contributed by atoms with E-state index in [0.29, 0.717) is 5.56 Å². The van der Waals surface area contributed by atoms with Crippen molar-refractivity contribution >= 4 is 23.1 Å². The van der Waals surface area contributed by atoms with Crippen LogP contribution in [0.1, 0.15) is 11.1 Å². The minimum absolute atomic E-state index is 0.706. The highest BCUT2D eigenvalue weighted by molar-refractivity contribution is 8.00. The number of nitrogens with zero attached hydrogens (tertiary/aromatic N) is 2. The van der Waals surface area contributed by atoms with Crippen molar-refractivity contribution in [1.29, 1.82) is 5.26 Å².